The number of aromatic nitrogens is 1. The summed E-state index contributed by atoms with van der Waals surface area (Å²) in [5.41, 5.74) is 1.95. The number of amides is 1. The van der Waals surface area contributed by atoms with Crippen LogP contribution in [-0.4, -0.2) is 22.8 Å². The van der Waals surface area contributed by atoms with Gasteiger partial charge in [-0.3, -0.25) is 4.79 Å². The predicted molar refractivity (Wildman–Crippen MR) is 74.4 cm³/mol. The molecule has 1 heterocycles. The maximum Gasteiger partial charge on any atom is 0.257 e. The summed E-state index contributed by atoms with van der Waals surface area (Å²) < 4.78 is 5.06. The van der Waals surface area contributed by atoms with E-state index in [-0.39, 0.29) is 12.5 Å². The van der Waals surface area contributed by atoms with E-state index in [0.717, 1.165) is 5.56 Å². The third kappa shape index (κ3) is 2.88. The molecule has 1 aromatic carbocycles. The van der Waals surface area contributed by atoms with Crippen LogP contribution in [0.3, 0.4) is 0 Å². The maximum absolute atomic E-state index is 12.3. The van der Waals surface area contributed by atoms with Gasteiger partial charge >= 0.3 is 0 Å². The van der Waals surface area contributed by atoms with E-state index in [1.54, 1.807) is 6.92 Å². The summed E-state index contributed by atoms with van der Waals surface area (Å²) in [4.78, 5) is 12.3. The van der Waals surface area contributed by atoms with E-state index in [9.17, 15) is 9.90 Å². The average molecular weight is 274 g/mol. The van der Waals surface area contributed by atoms with Crippen LogP contribution in [0.1, 0.15) is 40.3 Å². The van der Waals surface area contributed by atoms with Gasteiger partial charge in [0.2, 0.25) is 0 Å². The molecule has 2 N–H and O–H groups in total. The van der Waals surface area contributed by atoms with Crippen molar-refractivity contribution in [3.05, 3.63) is 52.9 Å². The number of aryl methyl sites for hydroxylation is 2. The van der Waals surface area contributed by atoms with E-state index < -0.39 is 6.04 Å². The molecular formula is C15H18N2O3. The normalized spacial score (nSPS) is 12.2. The molecule has 5 nitrogen and oxygen atoms in total. The highest BCUT2D eigenvalue weighted by Gasteiger charge is 2.22. The summed E-state index contributed by atoms with van der Waals surface area (Å²) in [6.07, 6.45) is 0.620. The summed E-state index contributed by atoms with van der Waals surface area (Å²) in [5.74, 6) is 0.215. The standard InChI is InChI=1S/C15H18N2O3/c1-3-12-14(10(2)20-17-12)15(19)16-13(9-18)11-7-5-4-6-8-11/h4-8,13,18H,3,9H2,1-2H3,(H,16,19)/t13-/m1/s1. The van der Waals surface area contributed by atoms with Gasteiger partial charge in [0.05, 0.1) is 18.3 Å². The lowest BCUT2D eigenvalue weighted by Crippen LogP contribution is -2.31. The van der Waals surface area contributed by atoms with Crippen LogP contribution in [-0.2, 0) is 6.42 Å². The second-order valence-corrected chi connectivity index (χ2v) is 4.53. The van der Waals surface area contributed by atoms with Gasteiger partial charge in [0.15, 0.2) is 0 Å². The Labute approximate surface area is 117 Å². The fraction of sp³-hybridized carbons (Fsp3) is 0.333. The average Bonchev–Trinajstić information content (AvgIpc) is 2.86. The molecule has 1 amide bonds. The number of carbonyl (C=O) groups is 1. The van der Waals surface area contributed by atoms with Gasteiger partial charge in [-0.1, -0.05) is 42.4 Å². The summed E-state index contributed by atoms with van der Waals surface area (Å²) in [6.45, 7) is 3.45. The molecule has 20 heavy (non-hydrogen) atoms. The lowest BCUT2D eigenvalue weighted by Gasteiger charge is -2.16. The molecule has 0 saturated carbocycles. The van der Waals surface area contributed by atoms with Crippen molar-refractivity contribution in [2.75, 3.05) is 6.61 Å². The Morgan fingerprint density at radius 3 is 2.70 bits per heavy atom. The van der Waals surface area contributed by atoms with Gasteiger partial charge < -0.3 is 14.9 Å². The number of aliphatic hydroxyl groups excluding tert-OH is 1. The van der Waals surface area contributed by atoms with E-state index in [2.05, 4.69) is 10.5 Å². The van der Waals surface area contributed by atoms with E-state index in [1.165, 1.54) is 0 Å². The topological polar surface area (TPSA) is 75.4 Å². The summed E-state index contributed by atoms with van der Waals surface area (Å²) in [7, 11) is 0. The van der Waals surface area contributed by atoms with Gasteiger partial charge in [-0.2, -0.15) is 0 Å². The van der Waals surface area contributed by atoms with Crippen molar-refractivity contribution in [3.8, 4) is 0 Å². The lowest BCUT2D eigenvalue weighted by atomic mass is 10.1. The van der Waals surface area contributed by atoms with Gasteiger partial charge in [-0.05, 0) is 18.9 Å². The molecule has 0 aliphatic rings. The number of hydrogen-bond acceptors (Lipinski definition) is 4. The molecule has 0 radical (unpaired) electrons. The van der Waals surface area contributed by atoms with Crippen molar-refractivity contribution in [1.29, 1.82) is 0 Å². The van der Waals surface area contributed by atoms with Crippen molar-refractivity contribution < 1.29 is 14.4 Å². The number of nitrogens with one attached hydrogen (secondary N) is 1. The fourth-order valence-electron chi connectivity index (χ4n) is 2.10. The van der Waals surface area contributed by atoms with E-state index in [4.69, 9.17) is 4.52 Å². The molecule has 1 atom stereocenters. The minimum absolute atomic E-state index is 0.165. The van der Waals surface area contributed by atoms with E-state index >= 15 is 0 Å². The first-order valence-electron chi connectivity index (χ1n) is 6.59. The van der Waals surface area contributed by atoms with Crippen LogP contribution >= 0.6 is 0 Å². The Hall–Kier alpha value is -2.14. The zero-order valence-corrected chi connectivity index (χ0v) is 11.6. The molecule has 0 aliphatic carbocycles. The Morgan fingerprint density at radius 2 is 2.10 bits per heavy atom. The zero-order valence-electron chi connectivity index (χ0n) is 11.6. The van der Waals surface area contributed by atoms with E-state index in [1.807, 2.05) is 37.3 Å². The van der Waals surface area contributed by atoms with Crippen LogP contribution in [0, 0.1) is 6.92 Å². The summed E-state index contributed by atoms with van der Waals surface area (Å²) in [6, 6.07) is 8.91. The Kier molecular flexibility index (Phi) is 4.53. The highest BCUT2D eigenvalue weighted by Crippen LogP contribution is 2.17. The minimum atomic E-state index is -0.442. The molecule has 1 aromatic heterocycles. The predicted octanol–water partition coefficient (Wildman–Crippen LogP) is 2.01. The second-order valence-electron chi connectivity index (χ2n) is 4.53. The largest absolute Gasteiger partial charge is 0.394 e. The number of nitrogens with zero attached hydrogens (tertiary/aromatic N) is 1. The van der Waals surface area contributed by atoms with Crippen molar-refractivity contribution in [1.82, 2.24) is 10.5 Å². The molecule has 0 fully saturated rings. The number of rotatable bonds is 5. The lowest BCUT2D eigenvalue weighted by molar-refractivity contribution is 0.0914. The monoisotopic (exact) mass is 274 g/mol. The number of hydrogen-bond donors (Lipinski definition) is 2. The van der Waals surface area contributed by atoms with Gasteiger partial charge in [0.1, 0.15) is 11.3 Å². The van der Waals surface area contributed by atoms with Crippen LogP contribution in [0.4, 0.5) is 0 Å². The first-order chi connectivity index (χ1) is 9.67. The SMILES string of the molecule is CCc1noc(C)c1C(=O)N[C@H](CO)c1ccccc1. The Balaban J connectivity index is 2.20. The van der Waals surface area contributed by atoms with Gasteiger partial charge in [-0.25, -0.2) is 0 Å². The van der Waals surface area contributed by atoms with Gasteiger partial charge in [-0.15, -0.1) is 0 Å². The van der Waals surface area contributed by atoms with Gasteiger partial charge in [0.25, 0.3) is 5.91 Å². The molecule has 5 heteroatoms. The minimum Gasteiger partial charge on any atom is -0.394 e. The summed E-state index contributed by atoms with van der Waals surface area (Å²) in [5, 5.41) is 16.1. The van der Waals surface area contributed by atoms with E-state index in [0.29, 0.717) is 23.4 Å². The fourth-order valence-corrected chi connectivity index (χ4v) is 2.10. The molecular weight excluding hydrogens is 256 g/mol. The molecule has 2 rings (SSSR count). The van der Waals surface area contributed by atoms with Crippen LogP contribution in [0.2, 0.25) is 0 Å². The van der Waals surface area contributed by atoms with Crippen molar-refractivity contribution in [2.45, 2.75) is 26.3 Å². The maximum atomic E-state index is 12.3. The molecule has 2 aromatic rings. The number of carbonyl (C=O) groups excluding carboxylic acids is 1. The number of aliphatic hydroxyl groups is 1. The first kappa shape index (κ1) is 14.3. The smallest absolute Gasteiger partial charge is 0.257 e. The zero-order chi connectivity index (χ0) is 14.5. The Morgan fingerprint density at radius 1 is 1.40 bits per heavy atom. The highest BCUT2D eigenvalue weighted by molar-refractivity contribution is 5.96. The number of benzene rings is 1. The van der Waals surface area contributed by atoms with Crippen LogP contribution in [0.25, 0.3) is 0 Å². The third-order valence-corrected chi connectivity index (χ3v) is 3.19. The molecule has 0 spiro atoms. The van der Waals surface area contributed by atoms with Crippen LogP contribution < -0.4 is 5.32 Å². The molecule has 0 saturated heterocycles. The van der Waals surface area contributed by atoms with Gasteiger partial charge in [0, 0.05) is 0 Å². The molecule has 106 valence electrons. The quantitative estimate of drug-likeness (QED) is 0.874. The summed E-state index contributed by atoms with van der Waals surface area (Å²) >= 11 is 0. The van der Waals surface area contributed by atoms with Crippen molar-refractivity contribution in [3.63, 3.8) is 0 Å². The Bertz CT molecular complexity index is 578. The first-order valence-corrected chi connectivity index (χ1v) is 6.59. The van der Waals surface area contributed by atoms with Crippen molar-refractivity contribution in [2.24, 2.45) is 0 Å². The van der Waals surface area contributed by atoms with Crippen molar-refractivity contribution >= 4 is 5.91 Å². The molecule has 0 aliphatic heterocycles. The highest BCUT2D eigenvalue weighted by atomic mass is 16.5. The van der Waals surface area contributed by atoms with Crippen LogP contribution in [0.15, 0.2) is 34.9 Å². The van der Waals surface area contributed by atoms with Crippen LogP contribution in [0.5, 0.6) is 0 Å². The second kappa shape index (κ2) is 6.34. The molecule has 0 unspecified atom stereocenters. The molecule has 0 bridgehead atoms. The third-order valence-electron chi connectivity index (χ3n) is 3.19.